The van der Waals surface area contributed by atoms with Gasteiger partial charge < -0.3 is 10.1 Å². The summed E-state index contributed by atoms with van der Waals surface area (Å²) in [5.74, 6) is 0.755. The summed E-state index contributed by atoms with van der Waals surface area (Å²) in [6.45, 7) is 0. The minimum atomic E-state index is -0.251. The van der Waals surface area contributed by atoms with Crippen molar-refractivity contribution >= 4 is 23.2 Å². The van der Waals surface area contributed by atoms with Gasteiger partial charge in [-0.3, -0.25) is 4.79 Å². The van der Waals surface area contributed by atoms with Crippen molar-refractivity contribution in [2.75, 3.05) is 12.4 Å². The van der Waals surface area contributed by atoms with Crippen molar-refractivity contribution < 1.29 is 9.53 Å². The summed E-state index contributed by atoms with van der Waals surface area (Å²) in [6, 6.07) is 4.98. The number of aromatic nitrogens is 4. The third kappa shape index (κ3) is 3.19. The van der Waals surface area contributed by atoms with Crippen LogP contribution in [0.1, 0.15) is 5.82 Å². The summed E-state index contributed by atoms with van der Waals surface area (Å²) in [5, 5.41) is 14.1. The standard InChI is InChI=1S/C11H12ClN5O2/c1-17-10(14-15-16-17)6-11(18)13-8-5-7(12)3-4-9(8)19-2/h3-5H,6H2,1-2H3,(H,13,18). The number of aryl methyl sites for hydroxylation is 1. The number of nitrogens with one attached hydrogen (secondary N) is 1. The molecule has 19 heavy (non-hydrogen) atoms. The van der Waals surface area contributed by atoms with Gasteiger partial charge in [-0.15, -0.1) is 5.10 Å². The first-order valence-electron chi connectivity index (χ1n) is 5.45. The number of hydrogen-bond acceptors (Lipinski definition) is 5. The molecule has 0 saturated heterocycles. The maximum atomic E-state index is 11.9. The van der Waals surface area contributed by atoms with Gasteiger partial charge in [0.15, 0.2) is 5.82 Å². The Morgan fingerprint density at radius 3 is 2.95 bits per heavy atom. The average molecular weight is 282 g/mol. The monoisotopic (exact) mass is 281 g/mol. The van der Waals surface area contributed by atoms with Crippen molar-refractivity contribution in [3.8, 4) is 5.75 Å². The fraction of sp³-hybridized carbons (Fsp3) is 0.273. The lowest BCUT2D eigenvalue weighted by Gasteiger charge is -2.10. The van der Waals surface area contributed by atoms with Gasteiger partial charge in [-0.25, -0.2) is 4.68 Å². The zero-order valence-electron chi connectivity index (χ0n) is 10.4. The second-order valence-corrected chi connectivity index (χ2v) is 4.22. The second-order valence-electron chi connectivity index (χ2n) is 3.79. The minimum Gasteiger partial charge on any atom is -0.495 e. The third-order valence-electron chi connectivity index (χ3n) is 2.46. The van der Waals surface area contributed by atoms with Gasteiger partial charge in [-0.2, -0.15) is 0 Å². The van der Waals surface area contributed by atoms with Crippen LogP contribution in [0.2, 0.25) is 5.02 Å². The molecule has 0 atom stereocenters. The molecule has 1 amide bonds. The van der Waals surface area contributed by atoms with E-state index in [-0.39, 0.29) is 12.3 Å². The first-order chi connectivity index (χ1) is 9.10. The van der Waals surface area contributed by atoms with E-state index in [4.69, 9.17) is 16.3 Å². The van der Waals surface area contributed by atoms with Gasteiger partial charge in [0, 0.05) is 12.1 Å². The predicted molar refractivity (Wildman–Crippen MR) is 69.1 cm³/mol. The molecule has 1 aromatic heterocycles. The van der Waals surface area contributed by atoms with Gasteiger partial charge >= 0.3 is 0 Å². The fourth-order valence-corrected chi connectivity index (χ4v) is 1.69. The van der Waals surface area contributed by atoms with Crippen LogP contribution in [0.4, 0.5) is 5.69 Å². The molecule has 2 aromatic rings. The Morgan fingerprint density at radius 2 is 2.32 bits per heavy atom. The quantitative estimate of drug-likeness (QED) is 0.906. The number of tetrazole rings is 1. The molecule has 0 unspecified atom stereocenters. The van der Waals surface area contributed by atoms with Gasteiger partial charge in [-0.05, 0) is 28.6 Å². The molecule has 8 heteroatoms. The maximum absolute atomic E-state index is 11.9. The molecule has 0 aliphatic rings. The van der Waals surface area contributed by atoms with E-state index in [1.807, 2.05) is 0 Å². The first kappa shape index (κ1) is 13.3. The highest BCUT2D eigenvalue weighted by Gasteiger charge is 2.12. The van der Waals surface area contributed by atoms with E-state index >= 15 is 0 Å². The summed E-state index contributed by atoms with van der Waals surface area (Å²) in [5.41, 5.74) is 0.509. The molecule has 0 saturated carbocycles. The number of benzene rings is 1. The van der Waals surface area contributed by atoms with Crippen LogP contribution in [0.5, 0.6) is 5.75 Å². The Hall–Kier alpha value is -2.15. The summed E-state index contributed by atoms with van der Waals surface area (Å²) in [7, 11) is 3.19. The summed E-state index contributed by atoms with van der Waals surface area (Å²) in [6.07, 6.45) is 0.0686. The molecule has 0 bridgehead atoms. The van der Waals surface area contributed by atoms with Crippen LogP contribution in [0, 0.1) is 0 Å². The third-order valence-corrected chi connectivity index (χ3v) is 2.70. The predicted octanol–water partition coefficient (Wildman–Crippen LogP) is 1.05. The highest BCUT2D eigenvalue weighted by Crippen LogP contribution is 2.27. The molecule has 0 fully saturated rings. The number of carbonyl (C=O) groups excluding carboxylic acids is 1. The van der Waals surface area contributed by atoms with E-state index in [2.05, 4.69) is 20.8 Å². The molecule has 2 rings (SSSR count). The van der Waals surface area contributed by atoms with Gasteiger partial charge in [0.1, 0.15) is 5.75 Å². The zero-order chi connectivity index (χ0) is 13.8. The van der Waals surface area contributed by atoms with Gasteiger partial charge in [0.05, 0.1) is 19.2 Å². The van der Waals surface area contributed by atoms with Crippen LogP contribution in [0.15, 0.2) is 18.2 Å². The van der Waals surface area contributed by atoms with Crippen LogP contribution in [0.3, 0.4) is 0 Å². The SMILES string of the molecule is COc1ccc(Cl)cc1NC(=O)Cc1nnnn1C. The smallest absolute Gasteiger partial charge is 0.232 e. The minimum absolute atomic E-state index is 0.0686. The van der Waals surface area contributed by atoms with Gasteiger partial charge in [0.25, 0.3) is 0 Å². The van der Waals surface area contributed by atoms with Gasteiger partial charge in [-0.1, -0.05) is 11.6 Å². The van der Waals surface area contributed by atoms with E-state index in [0.717, 1.165) is 0 Å². The van der Waals surface area contributed by atoms with E-state index < -0.39 is 0 Å². The average Bonchev–Trinajstić information content (AvgIpc) is 2.75. The Bertz CT molecular complexity index is 599. The molecule has 7 nitrogen and oxygen atoms in total. The first-order valence-corrected chi connectivity index (χ1v) is 5.82. The van der Waals surface area contributed by atoms with Crippen LogP contribution >= 0.6 is 11.6 Å². The van der Waals surface area contributed by atoms with Crippen molar-refractivity contribution in [3.05, 3.63) is 29.0 Å². The number of ether oxygens (including phenoxy) is 1. The van der Waals surface area contributed by atoms with Gasteiger partial charge in [0.2, 0.25) is 5.91 Å². The molecule has 1 aromatic carbocycles. The molecule has 100 valence electrons. The number of amides is 1. The fourth-order valence-electron chi connectivity index (χ4n) is 1.51. The van der Waals surface area contributed by atoms with E-state index in [9.17, 15) is 4.79 Å². The Kier molecular flexibility index (Phi) is 3.96. The number of rotatable bonds is 4. The number of halogens is 1. The number of hydrogen-bond donors (Lipinski definition) is 1. The number of carbonyl (C=O) groups is 1. The molecule has 0 aliphatic carbocycles. The zero-order valence-corrected chi connectivity index (χ0v) is 11.2. The lowest BCUT2D eigenvalue weighted by Crippen LogP contribution is -2.17. The van der Waals surface area contributed by atoms with E-state index in [0.29, 0.717) is 22.3 Å². The largest absolute Gasteiger partial charge is 0.495 e. The van der Waals surface area contributed by atoms with Crippen molar-refractivity contribution in [1.29, 1.82) is 0 Å². The normalized spacial score (nSPS) is 10.3. The van der Waals surface area contributed by atoms with Crippen LogP contribution in [-0.4, -0.2) is 33.2 Å². The molecule has 0 spiro atoms. The van der Waals surface area contributed by atoms with E-state index in [1.54, 1.807) is 25.2 Å². The number of anilines is 1. The summed E-state index contributed by atoms with van der Waals surface area (Å²) >= 11 is 5.88. The highest BCUT2D eigenvalue weighted by atomic mass is 35.5. The molecular formula is C11H12ClN5O2. The molecule has 0 radical (unpaired) electrons. The number of methoxy groups -OCH3 is 1. The number of nitrogens with zero attached hydrogens (tertiary/aromatic N) is 4. The topological polar surface area (TPSA) is 81.9 Å². The van der Waals surface area contributed by atoms with Crippen molar-refractivity contribution in [2.24, 2.45) is 7.05 Å². The van der Waals surface area contributed by atoms with Crippen molar-refractivity contribution in [3.63, 3.8) is 0 Å². The van der Waals surface area contributed by atoms with E-state index in [1.165, 1.54) is 11.8 Å². The highest BCUT2D eigenvalue weighted by molar-refractivity contribution is 6.31. The molecular weight excluding hydrogens is 270 g/mol. The Balaban J connectivity index is 2.11. The summed E-state index contributed by atoms with van der Waals surface area (Å²) in [4.78, 5) is 11.9. The second kappa shape index (κ2) is 5.66. The Morgan fingerprint density at radius 1 is 1.53 bits per heavy atom. The van der Waals surface area contributed by atoms with Crippen LogP contribution in [-0.2, 0) is 18.3 Å². The Labute approximate surface area is 114 Å². The van der Waals surface area contributed by atoms with Crippen molar-refractivity contribution in [2.45, 2.75) is 6.42 Å². The van der Waals surface area contributed by atoms with Crippen LogP contribution < -0.4 is 10.1 Å². The lowest BCUT2D eigenvalue weighted by molar-refractivity contribution is -0.115. The molecule has 1 N–H and O–H groups in total. The van der Waals surface area contributed by atoms with Crippen molar-refractivity contribution in [1.82, 2.24) is 20.2 Å². The maximum Gasteiger partial charge on any atom is 0.232 e. The lowest BCUT2D eigenvalue weighted by atomic mass is 10.2. The molecule has 0 aliphatic heterocycles. The van der Waals surface area contributed by atoms with Crippen LogP contribution in [0.25, 0.3) is 0 Å². The summed E-state index contributed by atoms with van der Waals surface area (Å²) < 4.78 is 6.58. The molecule has 1 heterocycles.